The van der Waals surface area contributed by atoms with E-state index in [9.17, 15) is 18.0 Å². The van der Waals surface area contributed by atoms with Gasteiger partial charge in [0.25, 0.3) is 0 Å². The van der Waals surface area contributed by atoms with Crippen LogP contribution in [0.3, 0.4) is 0 Å². The molecule has 0 aliphatic rings. The number of hydrogen-bond donors (Lipinski definition) is 0. The zero-order chi connectivity index (χ0) is 12.5. The monoisotopic (exact) mass is 240 g/mol. The Bertz CT molecular complexity index is 526. The van der Waals surface area contributed by atoms with Gasteiger partial charge in [-0.3, -0.25) is 4.79 Å². The number of carbonyl (C=O) groups is 1. The molecule has 1 heterocycles. The molecule has 5 heteroatoms. The summed E-state index contributed by atoms with van der Waals surface area (Å²) in [5.74, 6) is -1.48. The van der Waals surface area contributed by atoms with Gasteiger partial charge in [-0.05, 0) is 11.6 Å². The highest BCUT2D eigenvalue weighted by atomic mass is 19.4. The Labute approximate surface area is 94.7 Å². The average Bonchev–Trinajstić information content (AvgIpc) is 2.73. The smallest absolute Gasteiger partial charge is 0.448 e. The van der Waals surface area contributed by atoms with Crippen LogP contribution in [0.15, 0.2) is 40.8 Å². The first-order valence-electron chi connectivity index (χ1n) is 4.74. The molecular formula is C12H7F3O2. The van der Waals surface area contributed by atoms with Crippen molar-refractivity contribution < 1.29 is 22.4 Å². The first-order chi connectivity index (χ1) is 8.02. The number of carbonyl (C=O) groups excluding carboxylic acids is 1. The molecule has 0 bridgehead atoms. The number of halogens is 3. The van der Waals surface area contributed by atoms with E-state index in [2.05, 4.69) is 4.42 Å². The van der Waals surface area contributed by atoms with Crippen LogP contribution in [0.4, 0.5) is 13.2 Å². The van der Waals surface area contributed by atoms with Crippen molar-refractivity contribution in [2.45, 2.75) is 6.18 Å². The maximum absolute atomic E-state index is 12.4. The maximum Gasteiger partial charge on any atom is 0.449 e. The molecule has 0 atom stereocenters. The molecule has 0 saturated carbocycles. The third kappa shape index (κ3) is 2.22. The van der Waals surface area contributed by atoms with Gasteiger partial charge in [-0.2, -0.15) is 13.2 Å². The third-order valence-electron chi connectivity index (χ3n) is 2.23. The van der Waals surface area contributed by atoms with Crippen LogP contribution >= 0.6 is 0 Å². The fraction of sp³-hybridized carbons (Fsp3) is 0.0833. The van der Waals surface area contributed by atoms with E-state index < -0.39 is 11.9 Å². The summed E-state index contributed by atoms with van der Waals surface area (Å²) in [5.41, 5.74) is 0.654. The number of aldehydes is 1. The first-order valence-corrected chi connectivity index (χ1v) is 4.74. The van der Waals surface area contributed by atoms with Crippen molar-refractivity contribution >= 4 is 6.29 Å². The molecule has 2 aromatic rings. The summed E-state index contributed by atoms with van der Waals surface area (Å²) in [6.45, 7) is 0. The molecule has 0 N–H and O–H groups in total. The van der Waals surface area contributed by atoms with Crippen LogP contribution < -0.4 is 0 Å². The molecular weight excluding hydrogens is 233 g/mol. The molecule has 17 heavy (non-hydrogen) atoms. The summed E-state index contributed by atoms with van der Waals surface area (Å²) in [5, 5.41) is 0. The van der Waals surface area contributed by atoms with E-state index in [1.54, 1.807) is 30.3 Å². The van der Waals surface area contributed by atoms with Crippen LogP contribution in [0.5, 0.6) is 0 Å². The summed E-state index contributed by atoms with van der Waals surface area (Å²) >= 11 is 0. The molecule has 0 amide bonds. The van der Waals surface area contributed by atoms with Gasteiger partial charge in [-0.25, -0.2) is 0 Å². The predicted octanol–water partition coefficient (Wildman–Crippen LogP) is 3.78. The predicted molar refractivity (Wildman–Crippen MR) is 54.5 cm³/mol. The summed E-state index contributed by atoms with van der Waals surface area (Å²) in [6.07, 6.45) is -4.32. The molecule has 1 aromatic carbocycles. The van der Waals surface area contributed by atoms with Crippen LogP contribution in [0.25, 0.3) is 11.1 Å². The molecule has 88 valence electrons. The zero-order valence-corrected chi connectivity index (χ0v) is 8.49. The number of hydrogen-bond acceptors (Lipinski definition) is 2. The normalized spacial score (nSPS) is 11.5. The molecule has 0 unspecified atom stereocenters. The van der Waals surface area contributed by atoms with E-state index in [0.717, 1.165) is 6.07 Å². The third-order valence-corrected chi connectivity index (χ3v) is 2.23. The van der Waals surface area contributed by atoms with Gasteiger partial charge in [0, 0.05) is 5.56 Å². The van der Waals surface area contributed by atoms with Gasteiger partial charge in [-0.15, -0.1) is 0 Å². The fourth-order valence-electron chi connectivity index (χ4n) is 1.48. The van der Waals surface area contributed by atoms with Crippen molar-refractivity contribution in [3.8, 4) is 11.1 Å². The van der Waals surface area contributed by atoms with Crippen molar-refractivity contribution in [3.05, 3.63) is 47.9 Å². The molecule has 2 nitrogen and oxygen atoms in total. The second-order valence-electron chi connectivity index (χ2n) is 3.37. The van der Waals surface area contributed by atoms with E-state index in [1.165, 1.54) is 0 Å². The van der Waals surface area contributed by atoms with Crippen molar-refractivity contribution in [1.29, 1.82) is 0 Å². The minimum absolute atomic E-state index is 0.146. The highest BCUT2D eigenvalue weighted by molar-refractivity contribution is 5.84. The lowest BCUT2D eigenvalue weighted by molar-refractivity contribution is -0.153. The van der Waals surface area contributed by atoms with Crippen molar-refractivity contribution in [3.63, 3.8) is 0 Å². The molecule has 0 radical (unpaired) electrons. The summed E-state index contributed by atoms with van der Waals surface area (Å²) in [4.78, 5) is 10.7. The van der Waals surface area contributed by atoms with Crippen molar-refractivity contribution in [2.24, 2.45) is 0 Å². The van der Waals surface area contributed by atoms with Gasteiger partial charge < -0.3 is 4.42 Å². The summed E-state index contributed by atoms with van der Waals surface area (Å²) in [7, 11) is 0. The molecule has 0 saturated heterocycles. The second-order valence-corrected chi connectivity index (χ2v) is 3.37. The van der Waals surface area contributed by atoms with Crippen LogP contribution in [-0.4, -0.2) is 6.29 Å². The van der Waals surface area contributed by atoms with Gasteiger partial charge in [0.15, 0.2) is 12.0 Å². The zero-order valence-electron chi connectivity index (χ0n) is 8.49. The lowest BCUT2D eigenvalue weighted by atomic mass is 10.1. The molecule has 0 aliphatic heterocycles. The second kappa shape index (κ2) is 4.08. The topological polar surface area (TPSA) is 30.2 Å². The van der Waals surface area contributed by atoms with E-state index in [4.69, 9.17) is 0 Å². The quantitative estimate of drug-likeness (QED) is 0.748. The van der Waals surface area contributed by atoms with Crippen molar-refractivity contribution in [2.75, 3.05) is 0 Å². The van der Waals surface area contributed by atoms with E-state index in [-0.39, 0.29) is 17.6 Å². The lowest BCUT2D eigenvalue weighted by Gasteiger charge is -1.99. The standard InChI is InChI=1S/C12H7F3O2/c13-12(14,15)11-6-9(10(7-16)17-11)8-4-2-1-3-5-8/h1-7H. The summed E-state index contributed by atoms with van der Waals surface area (Å²) in [6, 6.07) is 9.12. The van der Waals surface area contributed by atoms with E-state index in [0.29, 0.717) is 5.56 Å². The Morgan fingerprint density at radius 2 is 1.76 bits per heavy atom. The highest BCUT2D eigenvalue weighted by Gasteiger charge is 2.36. The molecule has 0 aliphatic carbocycles. The van der Waals surface area contributed by atoms with Gasteiger partial charge in [0.2, 0.25) is 5.76 Å². The average molecular weight is 240 g/mol. The van der Waals surface area contributed by atoms with Gasteiger partial charge in [-0.1, -0.05) is 30.3 Å². The number of rotatable bonds is 2. The number of furan rings is 1. The number of alkyl halides is 3. The Kier molecular flexibility index (Phi) is 2.75. The largest absolute Gasteiger partial charge is 0.449 e. The molecule has 0 fully saturated rings. The van der Waals surface area contributed by atoms with Crippen LogP contribution in [-0.2, 0) is 6.18 Å². The maximum atomic E-state index is 12.4. The Morgan fingerprint density at radius 3 is 2.29 bits per heavy atom. The van der Waals surface area contributed by atoms with Gasteiger partial charge >= 0.3 is 6.18 Å². The fourth-order valence-corrected chi connectivity index (χ4v) is 1.48. The summed E-state index contributed by atoms with van der Waals surface area (Å²) < 4.78 is 41.8. The number of benzene rings is 1. The van der Waals surface area contributed by atoms with Crippen LogP contribution in [0.2, 0.25) is 0 Å². The minimum atomic E-state index is -4.59. The first kappa shape index (κ1) is 11.4. The van der Waals surface area contributed by atoms with E-state index in [1.807, 2.05) is 0 Å². The van der Waals surface area contributed by atoms with Gasteiger partial charge in [0.05, 0.1) is 0 Å². The molecule has 0 spiro atoms. The minimum Gasteiger partial charge on any atom is -0.448 e. The van der Waals surface area contributed by atoms with E-state index >= 15 is 0 Å². The Morgan fingerprint density at radius 1 is 1.12 bits per heavy atom. The van der Waals surface area contributed by atoms with Crippen molar-refractivity contribution in [1.82, 2.24) is 0 Å². The lowest BCUT2D eigenvalue weighted by Crippen LogP contribution is -2.02. The SMILES string of the molecule is O=Cc1oc(C(F)(F)F)cc1-c1ccccc1. The van der Waals surface area contributed by atoms with Crippen LogP contribution in [0.1, 0.15) is 16.3 Å². The van der Waals surface area contributed by atoms with Gasteiger partial charge in [0.1, 0.15) is 0 Å². The van der Waals surface area contributed by atoms with Crippen LogP contribution in [0, 0.1) is 0 Å². The Hall–Kier alpha value is -2.04. The highest BCUT2D eigenvalue weighted by Crippen LogP contribution is 2.35. The molecule has 1 aromatic heterocycles. The molecule has 2 rings (SSSR count). The Balaban J connectivity index is 2.55.